The Balaban J connectivity index is 2.16. The van der Waals surface area contributed by atoms with Gasteiger partial charge in [-0.25, -0.2) is 4.68 Å². The Kier molecular flexibility index (Phi) is 3.28. The second kappa shape index (κ2) is 4.25. The summed E-state index contributed by atoms with van der Waals surface area (Å²) in [5.74, 6) is -0.477. The van der Waals surface area contributed by atoms with Gasteiger partial charge in [0, 0.05) is 6.54 Å². The Hall–Kier alpha value is -1.06. The molecule has 1 aromatic rings. The lowest BCUT2D eigenvalue weighted by atomic mass is 10.6. The number of hydrogen-bond acceptors (Lipinski definition) is 6. The van der Waals surface area contributed by atoms with E-state index in [1.165, 1.54) is 4.68 Å². The fraction of sp³-hybridized carbons (Fsp3) is 0.750. The summed E-state index contributed by atoms with van der Waals surface area (Å²) < 4.78 is 30.1. The predicted molar refractivity (Wildman–Crippen MR) is 41.1 cm³/mol. The molecule has 9 heteroatoms. The zero-order valence-corrected chi connectivity index (χ0v) is 7.40. The Morgan fingerprint density at radius 3 is 2.85 bits per heavy atom. The van der Waals surface area contributed by atoms with E-state index in [0.29, 0.717) is 13.1 Å². The van der Waals surface area contributed by atoms with Crippen LogP contribution in [-0.4, -0.2) is 45.6 Å². The molecule has 0 aliphatic rings. The fourth-order valence-corrected chi connectivity index (χ4v) is 1.04. The normalized spacial score (nSPS) is 11.8. The van der Waals surface area contributed by atoms with Crippen LogP contribution >= 0.6 is 0 Å². The van der Waals surface area contributed by atoms with Gasteiger partial charge in [0.15, 0.2) is 0 Å². The molecule has 0 amide bonds. The molecule has 73 valence electrons. The molecular formula is C4H8N5O3S. The summed E-state index contributed by atoms with van der Waals surface area (Å²) in [6.45, 7) is 0.726. The summed E-state index contributed by atoms with van der Waals surface area (Å²) in [5.41, 5.74) is 0. The first-order valence-corrected chi connectivity index (χ1v) is 4.98. The lowest BCUT2D eigenvalue weighted by Crippen LogP contribution is -2.26. The maximum Gasteiger partial charge on any atom is 0.278 e. The van der Waals surface area contributed by atoms with E-state index in [1.807, 2.05) is 0 Å². The minimum atomic E-state index is -3.95. The van der Waals surface area contributed by atoms with E-state index < -0.39 is 16.0 Å². The van der Waals surface area contributed by atoms with E-state index in [2.05, 4.69) is 27.2 Å². The van der Waals surface area contributed by atoms with Crippen LogP contribution in [0.2, 0.25) is 0 Å². The average molecular weight is 206 g/mol. The van der Waals surface area contributed by atoms with Crippen LogP contribution in [0.1, 0.15) is 0 Å². The van der Waals surface area contributed by atoms with Gasteiger partial charge in [-0.1, -0.05) is 0 Å². The molecule has 0 spiro atoms. The zero-order valence-electron chi connectivity index (χ0n) is 6.58. The first-order valence-electron chi connectivity index (χ1n) is 3.38. The Bertz CT molecular complexity index is 333. The van der Waals surface area contributed by atoms with E-state index in [-0.39, 0.29) is 0 Å². The van der Waals surface area contributed by atoms with Crippen molar-refractivity contribution in [3.05, 3.63) is 6.33 Å². The summed E-state index contributed by atoms with van der Waals surface area (Å²) in [4.78, 5) is 0. The Morgan fingerprint density at radius 2 is 2.31 bits per heavy atom. The van der Waals surface area contributed by atoms with Crippen molar-refractivity contribution in [1.29, 1.82) is 0 Å². The van der Waals surface area contributed by atoms with Crippen LogP contribution in [0.15, 0.2) is 0 Å². The standard InChI is InChI=1S/C4H8N5O3S/c10-13(11,12)4-5-1-2-9-3-6-7-8-9/h5H,1-2,4H2,(H,10,11,12). The monoisotopic (exact) mass is 206 g/mol. The van der Waals surface area contributed by atoms with Crippen LogP contribution in [0.3, 0.4) is 0 Å². The van der Waals surface area contributed by atoms with Gasteiger partial charge in [0.05, 0.1) is 6.54 Å². The van der Waals surface area contributed by atoms with Crippen LogP contribution in [0.25, 0.3) is 0 Å². The third-order valence-electron chi connectivity index (χ3n) is 1.14. The van der Waals surface area contributed by atoms with E-state index in [1.54, 1.807) is 0 Å². The SMILES string of the molecule is O=S(=O)(O)CNCCn1[c]nnn1. The van der Waals surface area contributed by atoms with Crippen LogP contribution in [0.4, 0.5) is 0 Å². The summed E-state index contributed by atoms with van der Waals surface area (Å²) in [6.07, 6.45) is 2.43. The van der Waals surface area contributed by atoms with Crippen molar-refractivity contribution in [2.24, 2.45) is 0 Å². The van der Waals surface area contributed by atoms with E-state index in [9.17, 15) is 8.42 Å². The van der Waals surface area contributed by atoms with Crippen molar-refractivity contribution in [2.75, 3.05) is 12.4 Å². The molecule has 0 fully saturated rings. The number of nitrogens with one attached hydrogen (secondary N) is 1. The van der Waals surface area contributed by atoms with Crippen molar-refractivity contribution >= 4 is 10.1 Å². The molecule has 0 bridgehead atoms. The lowest BCUT2D eigenvalue weighted by Gasteiger charge is -2.00. The second-order valence-corrected chi connectivity index (χ2v) is 3.68. The van der Waals surface area contributed by atoms with Crippen molar-refractivity contribution in [1.82, 2.24) is 25.5 Å². The Labute approximate surface area is 74.7 Å². The molecule has 0 unspecified atom stereocenters. The molecule has 1 radical (unpaired) electrons. The van der Waals surface area contributed by atoms with E-state index >= 15 is 0 Å². The number of rotatable bonds is 5. The van der Waals surface area contributed by atoms with Crippen molar-refractivity contribution in [3.8, 4) is 0 Å². The molecule has 1 heterocycles. The maximum atomic E-state index is 10.2. The maximum absolute atomic E-state index is 10.2. The molecule has 0 saturated heterocycles. The van der Waals surface area contributed by atoms with E-state index in [0.717, 1.165) is 0 Å². The molecule has 8 nitrogen and oxygen atoms in total. The van der Waals surface area contributed by atoms with Crippen molar-refractivity contribution < 1.29 is 13.0 Å². The van der Waals surface area contributed by atoms with Gasteiger partial charge in [-0.3, -0.25) is 9.87 Å². The quantitative estimate of drug-likeness (QED) is 0.419. The molecule has 0 aromatic carbocycles. The van der Waals surface area contributed by atoms with Gasteiger partial charge in [0.1, 0.15) is 5.88 Å². The van der Waals surface area contributed by atoms with Crippen LogP contribution in [-0.2, 0) is 16.7 Å². The minimum absolute atomic E-state index is 0.335. The molecule has 0 atom stereocenters. The van der Waals surface area contributed by atoms with E-state index in [4.69, 9.17) is 4.55 Å². The number of hydrogen-bond donors (Lipinski definition) is 2. The van der Waals surface area contributed by atoms with Gasteiger partial charge < -0.3 is 0 Å². The summed E-state index contributed by atoms with van der Waals surface area (Å²) in [6, 6.07) is 0. The molecule has 0 saturated carbocycles. The Morgan fingerprint density at radius 1 is 1.54 bits per heavy atom. The molecule has 0 aliphatic carbocycles. The third-order valence-corrected chi connectivity index (χ3v) is 1.71. The zero-order chi connectivity index (χ0) is 9.73. The second-order valence-electron chi connectivity index (χ2n) is 2.23. The number of aromatic nitrogens is 4. The smallest absolute Gasteiger partial charge is 0.278 e. The highest BCUT2D eigenvalue weighted by molar-refractivity contribution is 7.85. The number of tetrazole rings is 1. The summed E-state index contributed by atoms with van der Waals surface area (Å²) >= 11 is 0. The first-order chi connectivity index (χ1) is 6.08. The molecule has 0 aliphatic heterocycles. The van der Waals surface area contributed by atoms with Crippen LogP contribution in [0, 0.1) is 6.33 Å². The summed E-state index contributed by atoms with van der Waals surface area (Å²) in [7, 11) is -3.95. The van der Waals surface area contributed by atoms with Crippen LogP contribution < -0.4 is 5.32 Å². The van der Waals surface area contributed by atoms with Gasteiger partial charge in [0.25, 0.3) is 10.1 Å². The van der Waals surface area contributed by atoms with Crippen molar-refractivity contribution in [3.63, 3.8) is 0 Å². The molecule has 1 rings (SSSR count). The third kappa shape index (κ3) is 4.50. The molecular weight excluding hydrogens is 198 g/mol. The summed E-state index contributed by atoms with van der Waals surface area (Å²) in [5, 5.41) is 12.6. The predicted octanol–water partition coefficient (Wildman–Crippen LogP) is -2.09. The first kappa shape index (κ1) is 10.0. The van der Waals surface area contributed by atoms with Gasteiger partial charge in [-0.05, 0) is 10.4 Å². The lowest BCUT2D eigenvalue weighted by molar-refractivity contribution is 0.471. The molecule has 13 heavy (non-hydrogen) atoms. The van der Waals surface area contributed by atoms with Gasteiger partial charge >= 0.3 is 0 Å². The highest BCUT2D eigenvalue weighted by Gasteiger charge is 2.02. The van der Waals surface area contributed by atoms with Gasteiger partial charge in [-0.15, -0.1) is 5.10 Å². The fourth-order valence-electron chi connectivity index (χ4n) is 0.641. The minimum Gasteiger partial charge on any atom is -0.300 e. The van der Waals surface area contributed by atoms with Crippen molar-refractivity contribution in [2.45, 2.75) is 6.54 Å². The van der Waals surface area contributed by atoms with Gasteiger partial charge in [0.2, 0.25) is 6.33 Å². The molecule has 2 N–H and O–H groups in total. The highest BCUT2D eigenvalue weighted by atomic mass is 32.2. The molecule has 1 aromatic heterocycles. The number of nitrogens with zero attached hydrogens (tertiary/aromatic N) is 4. The van der Waals surface area contributed by atoms with Gasteiger partial charge in [-0.2, -0.15) is 8.42 Å². The van der Waals surface area contributed by atoms with Crippen LogP contribution in [0.5, 0.6) is 0 Å². The average Bonchev–Trinajstić information content (AvgIpc) is 2.48. The highest BCUT2D eigenvalue weighted by Crippen LogP contribution is 1.78. The largest absolute Gasteiger partial charge is 0.300 e. The topological polar surface area (TPSA) is 110 Å².